The number of rotatable bonds is 3. The fourth-order valence-electron chi connectivity index (χ4n) is 2.00. The molecule has 0 saturated heterocycles. The first-order chi connectivity index (χ1) is 10.3. The summed E-state index contributed by atoms with van der Waals surface area (Å²) in [6, 6.07) is 15.6. The lowest BCUT2D eigenvalue weighted by Gasteiger charge is -1.95. The summed E-state index contributed by atoms with van der Waals surface area (Å²) in [5.41, 5.74) is 1.74. The molecule has 0 atom stereocenters. The van der Waals surface area contributed by atoms with Gasteiger partial charge in [-0.3, -0.25) is 4.79 Å². The maximum absolute atomic E-state index is 11.9. The third-order valence-corrected chi connectivity index (χ3v) is 2.99. The number of hydrogen-bond donors (Lipinski definition) is 1. The van der Waals surface area contributed by atoms with E-state index in [9.17, 15) is 9.70 Å². The van der Waals surface area contributed by atoms with E-state index in [0.717, 1.165) is 0 Å². The summed E-state index contributed by atoms with van der Waals surface area (Å²) in [5, 5.41) is 10.8. The van der Waals surface area contributed by atoms with Crippen molar-refractivity contribution in [1.82, 2.24) is 4.98 Å². The van der Waals surface area contributed by atoms with Crippen LogP contribution >= 0.6 is 0 Å². The van der Waals surface area contributed by atoms with Gasteiger partial charge >= 0.3 is 0 Å². The molecule has 0 amide bonds. The lowest BCUT2D eigenvalue weighted by Crippen LogP contribution is -1.95. The fraction of sp³-hybridized carbons (Fsp3) is 0. The minimum Gasteiger partial charge on any atom is -0.320 e. The highest BCUT2D eigenvalue weighted by molar-refractivity contribution is 5.74. The van der Waals surface area contributed by atoms with E-state index in [4.69, 9.17) is 0 Å². The molecule has 0 fully saturated rings. The molecule has 21 heavy (non-hydrogen) atoms. The molecule has 0 bridgehead atoms. The van der Waals surface area contributed by atoms with Crippen LogP contribution < -0.4 is 5.56 Å². The number of aromatic amines is 1. The highest BCUT2D eigenvalue weighted by Crippen LogP contribution is 2.31. The normalized spacial score (nSPS) is 11.0. The molecule has 3 rings (SSSR count). The average molecular weight is 278 g/mol. The number of nitrogens with one attached hydrogen (secondary N) is 1. The predicted octanol–water partition coefficient (Wildman–Crippen LogP) is 4.29. The number of aromatic nitrogens is 1. The van der Waals surface area contributed by atoms with Gasteiger partial charge in [0, 0.05) is 5.56 Å². The smallest absolute Gasteiger partial charge is 0.276 e. The van der Waals surface area contributed by atoms with Crippen molar-refractivity contribution < 1.29 is 0 Å². The largest absolute Gasteiger partial charge is 0.320 e. The Bertz CT molecular complexity index is 854. The van der Waals surface area contributed by atoms with E-state index in [-0.39, 0.29) is 16.9 Å². The van der Waals surface area contributed by atoms with Gasteiger partial charge in [0.15, 0.2) is 5.69 Å². The molecule has 1 aromatic carbocycles. The Hall–Kier alpha value is -3.15. The lowest BCUT2D eigenvalue weighted by molar-refractivity contribution is 1.20. The van der Waals surface area contributed by atoms with Crippen molar-refractivity contribution in [2.75, 3.05) is 0 Å². The van der Waals surface area contributed by atoms with E-state index in [0.29, 0.717) is 16.9 Å². The van der Waals surface area contributed by atoms with Crippen molar-refractivity contribution in [3.63, 3.8) is 0 Å². The standard InChI is InChI=1S/C15H10N4O2/c20-15-14(10-6-2-1-3-7-11(10)16-15)18-17-12-8-4-5-9-13(12)19-21/h1-9H,(H,16,20). The second-order valence-corrected chi connectivity index (χ2v) is 4.32. The van der Waals surface area contributed by atoms with Crippen molar-refractivity contribution in [1.29, 1.82) is 0 Å². The summed E-state index contributed by atoms with van der Waals surface area (Å²) < 4.78 is 0. The molecule has 1 N–H and O–H groups in total. The minimum atomic E-state index is -0.323. The predicted molar refractivity (Wildman–Crippen MR) is 79.8 cm³/mol. The van der Waals surface area contributed by atoms with Gasteiger partial charge in [-0.2, -0.15) is 0 Å². The number of nitroso groups, excluding NO2 is 1. The first-order valence-electron chi connectivity index (χ1n) is 6.25. The number of azo groups is 1. The van der Waals surface area contributed by atoms with Crippen LogP contribution in [0.3, 0.4) is 0 Å². The molecular weight excluding hydrogens is 268 g/mol. The van der Waals surface area contributed by atoms with E-state index < -0.39 is 0 Å². The molecule has 6 nitrogen and oxygen atoms in total. The zero-order chi connectivity index (χ0) is 14.7. The molecule has 2 aliphatic rings. The number of benzene rings is 1. The fourth-order valence-corrected chi connectivity index (χ4v) is 2.00. The molecule has 1 aliphatic heterocycles. The number of hydrogen-bond acceptors (Lipinski definition) is 5. The molecule has 1 aromatic rings. The highest BCUT2D eigenvalue weighted by Gasteiger charge is 2.13. The van der Waals surface area contributed by atoms with Crippen LogP contribution in [0.5, 0.6) is 0 Å². The second kappa shape index (κ2) is 5.46. The van der Waals surface area contributed by atoms with Gasteiger partial charge in [-0.1, -0.05) is 36.4 Å². The zero-order valence-electron chi connectivity index (χ0n) is 10.9. The van der Waals surface area contributed by atoms with Gasteiger partial charge in [0.25, 0.3) is 5.56 Å². The Morgan fingerprint density at radius 2 is 1.52 bits per heavy atom. The Morgan fingerprint density at radius 3 is 2.33 bits per heavy atom. The maximum Gasteiger partial charge on any atom is 0.276 e. The summed E-state index contributed by atoms with van der Waals surface area (Å²) in [5.74, 6) is 0. The molecule has 102 valence electrons. The van der Waals surface area contributed by atoms with Crippen molar-refractivity contribution in [2.45, 2.75) is 0 Å². The van der Waals surface area contributed by atoms with Gasteiger partial charge in [0.2, 0.25) is 0 Å². The van der Waals surface area contributed by atoms with E-state index in [2.05, 4.69) is 20.4 Å². The topological polar surface area (TPSA) is 87.0 Å². The number of fused-ring (bicyclic) bond motifs is 1. The quantitative estimate of drug-likeness (QED) is 0.572. The summed E-state index contributed by atoms with van der Waals surface area (Å²) in [6.07, 6.45) is 0. The monoisotopic (exact) mass is 278 g/mol. The van der Waals surface area contributed by atoms with Gasteiger partial charge in [-0.25, -0.2) is 0 Å². The highest BCUT2D eigenvalue weighted by atomic mass is 16.3. The molecule has 0 saturated carbocycles. The van der Waals surface area contributed by atoms with Crippen LogP contribution in [0.4, 0.5) is 17.1 Å². The molecule has 0 aromatic heterocycles. The van der Waals surface area contributed by atoms with Gasteiger partial charge in [0.1, 0.15) is 11.4 Å². The van der Waals surface area contributed by atoms with Gasteiger partial charge in [0.05, 0.1) is 5.69 Å². The summed E-state index contributed by atoms with van der Waals surface area (Å²) in [6.45, 7) is 0. The number of H-pyrrole nitrogens is 1. The molecule has 0 spiro atoms. The minimum absolute atomic E-state index is 0.180. The second-order valence-electron chi connectivity index (χ2n) is 4.32. The van der Waals surface area contributed by atoms with E-state index >= 15 is 0 Å². The van der Waals surface area contributed by atoms with Gasteiger partial charge in [-0.05, 0) is 23.4 Å². The van der Waals surface area contributed by atoms with Crippen LogP contribution in [0, 0.1) is 4.91 Å². The van der Waals surface area contributed by atoms with Crippen molar-refractivity contribution in [2.24, 2.45) is 15.4 Å². The molecule has 6 heteroatoms. The van der Waals surface area contributed by atoms with Crippen molar-refractivity contribution >= 4 is 17.1 Å². The Balaban J connectivity index is 2.08. The number of nitrogens with zero attached hydrogens (tertiary/aromatic N) is 3. The average Bonchev–Trinajstić information content (AvgIpc) is 2.66. The Morgan fingerprint density at radius 1 is 0.810 bits per heavy atom. The first kappa shape index (κ1) is 12.9. The summed E-state index contributed by atoms with van der Waals surface area (Å²) in [4.78, 5) is 25.3. The molecule has 1 heterocycles. The van der Waals surface area contributed by atoms with Crippen LogP contribution in [-0.2, 0) is 0 Å². The zero-order valence-corrected chi connectivity index (χ0v) is 10.9. The van der Waals surface area contributed by atoms with Gasteiger partial charge < -0.3 is 4.98 Å². The third-order valence-electron chi connectivity index (χ3n) is 2.99. The molecular formula is C15H10N4O2. The molecule has 0 unspecified atom stereocenters. The van der Waals surface area contributed by atoms with Crippen LogP contribution in [0.25, 0.3) is 11.3 Å². The summed E-state index contributed by atoms with van der Waals surface area (Å²) >= 11 is 0. The molecule has 1 aliphatic carbocycles. The van der Waals surface area contributed by atoms with Gasteiger partial charge in [-0.15, -0.1) is 15.1 Å². The first-order valence-corrected chi connectivity index (χ1v) is 6.25. The van der Waals surface area contributed by atoms with Crippen molar-refractivity contribution in [3.05, 3.63) is 69.9 Å². The van der Waals surface area contributed by atoms with Crippen LogP contribution in [-0.4, -0.2) is 4.98 Å². The Kier molecular flexibility index (Phi) is 3.34. The van der Waals surface area contributed by atoms with E-state index in [1.807, 2.05) is 18.2 Å². The lowest BCUT2D eigenvalue weighted by atomic mass is 10.2. The maximum atomic E-state index is 11.9. The third kappa shape index (κ3) is 2.46. The summed E-state index contributed by atoms with van der Waals surface area (Å²) in [7, 11) is 0. The van der Waals surface area contributed by atoms with E-state index in [1.165, 1.54) is 6.07 Å². The van der Waals surface area contributed by atoms with Crippen molar-refractivity contribution in [3.8, 4) is 11.3 Å². The molecule has 0 radical (unpaired) electrons. The van der Waals surface area contributed by atoms with Crippen LogP contribution in [0.1, 0.15) is 0 Å². The van der Waals surface area contributed by atoms with Crippen LogP contribution in [0.2, 0.25) is 0 Å². The SMILES string of the molecule is O=Nc1ccccc1N=Nc1c2cccccc-2[nH]c1=O. The van der Waals surface area contributed by atoms with E-state index in [1.54, 1.807) is 30.3 Å². The van der Waals surface area contributed by atoms with Crippen LogP contribution in [0.15, 0.2) is 74.8 Å². The Labute approximate surface area is 119 Å².